The Labute approximate surface area is 108 Å². The molecule has 0 aliphatic heterocycles. The minimum atomic E-state index is 0.398. The molecule has 2 nitrogen and oxygen atoms in total. The minimum Gasteiger partial charge on any atom is -0.315 e. The van der Waals surface area contributed by atoms with Crippen LogP contribution in [0.5, 0.6) is 0 Å². The molecule has 0 aromatic rings. The molecule has 0 bridgehead atoms. The van der Waals surface area contributed by atoms with E-state index in [9.17, 15) is 0 Å². The molecule has 1 aliphatic carbocycles. The maximum absolute atomic E-state index is 3.55. The van der Waals surface area contributed by atoms with Gasteiger partial charge in [-0.1, -0.05) is 46.5 Å². The second-order valence-corrected chi connectivity index (χ2v) is 6.93. The highest BCUT2D eigenvalue weighted by atomic mass is 15.2. The monoisotopic (exact) mass is 240 g/mol. The van der Waals surface area contributed by atoms with Gasteiger partial charge in [0.15, 0.2) is 0 Å². The minimum absolute atomic E-state index is 0.398. The Kier molecular flexibility index (Phi) is 5.94. The predicted octanol–water partition coefficient (Wildman–Crippen LogP) is 3.28. The lowest BCUT2D eigenvalue weighted by atomic mass is 9.89. The molecule has 0 aromatic carbocycles. The van der Waals surface area contributed by atoms with Crippen molar-refractivity contribution in [3.05, 3.63) is 0 Å². The molecular formula is C15H32N2. The van der Waals surface area contributed by atoms with Crippen LogP contribution < -0.4 is 5.32 Å². The Bertz CT molecular complexity index is 207. The molecule has 0 heterocycles. The van der Waals surface area contributed by atoms with Gasteiger partial charge in [0.25, 0.3) is 0 Å². The van der Waals surface area contributed by atoms with Gasteiger partial charge in [0, 0.05) is 18.6 Å². The Balaban J connectivity index is 2.60. The largest absolute Gasteiger partial charge is 0.315 e. The van der Waals surface area contributed by atoms with Crippen LogP contribution in [0.15, 0.2) is 0 Å². The van der Waals surface area contributed by atoms with Crippen molar-refractivity contribution in [3.63, 3.8) is 0 Å². The number of likely N-dealkylation sites (N-methyl/N-ethyl adjacent to an activating group) is 2. The third kappa shape index (κ3) is 5.39. The zero-order valence-corrected chi connectivity index (χ0v) is 12.6. The first kappa shape index (κ1) is 15.0. The van der Waals surface area contributed by atoms with Gasteiger partial charge in [-0.05, 0) is 32.4 Å². The summed E-state index contributed by atoms with van der Waals surface area (Å²) in [5.74, 6) is 0. The second kappa shape index (κ2) is 6.75. The molecule has 1 N–H and O–H groups in total. The average molecular weight is 240 g/mol. The Morgan fingerprint density at radius 1 is 1.06 bits per heavy atom. The van der Waals surface area contributed by atoms with Gasteiger partial charge in [-0.3, -0.25) is 0 Å². The van der Waals surface area contributed by atoms with E-state index in [4.69, 9.17) is 0 Å². The van der Waals surface area contributed by atoms with E-state index in [1.165, 1.54) is 45.1 Å². The van der Waals surface area contributed by atoms with Crippen LogP contribution in [0.1, 0.15) is 59.3 Å². The summed E-state index contributed by atoms with van der Waals surface area (Å²) in [4.78, 5) is 2.59. The summed E-state index contributed by atoms with van der Waals surface area (Å²) in [5, 5.41) is 3.55. The topological polar surface area (TPSA) is 15.3 Å². The van der Waals surface area contributed by atoms with E-state index in [-0.39, 0.29) is 0 Å². The first-order chi connectivity index (χ1) is 7.94. The summed E-state index contributed by atoms with van der Waals surface area (Å²) in [6.07, 6.45) is 8.35. The van der Waals surface area contributed by atoms with Crippen LogP contribution in [-0.4, -0.2) is 37.6 Å². The van der Waals surface area contributed by atoms with Gasteiger partial charge in [0.05, 0.1) is 0 Å². The molecule has 1 aliphatic rings. The molecule has 0 saturated heterocycles. The summed E-state index contributed by atoms with van der Waals surface area (Å²) < 4.78 is 0. The van der Waals surface area contributed by atoms with Crippen molar-refractivity contribution in [2.75, 3.05) is 20.6 Å². The van der Waals surface area contributed by atoms with E-state index in [1.807, 2.05) is 0 Å². The summed E-state index contributed by atoms with van der Waals surface area (Å²) in [6.45, 7) is 8.19. The first-order valence-corrected chi connectivity index (χ1v) is 7.31. The summed E-state index contributed by atoms with van der Waals surface area (Å²) in [6, 6.07) is 1.40. The number of nitrogens with one attached hydrogen (secondary N) is 1. The van der Waals surface area contributed by atoms with Gasteiger partial charge in [0.2, 0.25) is 0 Å². The van der Waals surface area contributed by atoms with Gasteiger partial charge in [0.1, 0.15) is 0 Å². The fourth-order valence-electron chi connectivity index (χ4n) is 3.19. The second-order valence-electron chi connectivity index (χ2n) is 6.93. The van der Waals surface area contributed by atoms with E-state index < -0.39 is 0 Å². The molecule has 2 heteroatoms. The molecule has 17 heavy (non-hydrogen) atoms. The quantitative estimate of drug-likeness (QED) is 0.814. The molecule has 1 fully saturated rings. The Morgan fingerprint density at radius 3 is 2.18 bits per heavy atom. The standard InChI is InChI=1S/C15H32N2/c1-15(2,3)12-17(5)14-11-9-7-6-8-10-13(14)16-4/h13-14,16H,6-12H2,1-5H3. The lowest BCUT2D eigenvalue weighted by Gasteiger charge is -2.39. The molecule has 1 saturated carbocycles. The molecule has 2 unspecified atom stereocenters. The fourth-order valence-corrected chi connectivity index (χ4v) is 3.19. The number of hydrogen-bond donors (Lipinski definition) is 1. The highest BCUT2D eigenvalue weighted by Gasteiger charge is 2.27. The number of nitrogens with zero attached hydrogens (tertiary/aromatic N) is 1. The van der Waals surface area contributed by atoms with Crippen LogP contribution in [0.4, 0.5) is 0 Å². The van der Waals surface area contributed by atoms with Gasteiger partial charge >= 0.3 is 0 Å². The van der Waals surface area contributed by atoms with Gasteiger partial charge in [-0.25, -0.2) is 0 Å². The van der Waals surface area contributed by atoms with Gasteiger partial charge in [-0.2, -0.15) is 0 Å². The zero-order chi connectivity index (χ0) is 12.9. The maximum Gasteiger partial charge on any atom is 0.0246 e. The molecule has 1 rings (SSSR count). The lowest BCUT2D eigenvalue weighted by Crippen LogP contribution is -2.50. The van der Waals surface area contributed by atoms with Crippen LogP contribution in [0.2, 0.25) is 0 Å². The summed E-state index contributed by atoms with van der Waals surface area (Å²) in [5.41, 5.74) is 0.398. The van der Waals surface area contributed by atoms with Gasteiger partial charge in [-0.15, -0.1) is 0 Å². The Hall–Kier alpha value is -0.0800. The van der Waals surface area contributed by atoms with Crippen molar-refractivity contribution in [2.45, 2.75) is 71.4 Å². The number of rotatable bonds is 3. The normalized spacial score (nSPS) is 27.9. The average Bonchev–Trinajstić information content (AvgIpc) is 2.14. The highest BCUT2D eigenvalue weighted by Crippen LogP contribution is 2.24. The van der Waals surface area contributed by atoms with Crippen molar-refractivity contribution < 1.29 is 0 Å². The molecule has 0 radical (unpaired) electrons. The summed E-state index contributed by atoms with van der Waals surface area (Å²) in [7, 11) is 4.44. The van der Waals surface area contributed by atoms with Gasteiger partial charge < -0.3 is 10.2 Å². The highest BCUT2D eigenvalue weighted by molar-refractivity contribution is 4.85. The van der Waals surface area contributed by atoms with E-state index in [1.54, 1.807) is 0 Å². The zero-order valence-electron chi connectivity index (χ0n) is 12.6. The first-order valence-electron chi connectivity index (χ1n) is 7.31. The fraction of sp³-hybridized carbons (Fsp3) is 1.00. The third-order valence-corrected chi connectivity index (χ3v) is 3.89. The van der Waals surface area contributed by atoms with Crippen molar-refractivity contribution in [1.29, 1.82) is 0 Å². The number of hydrogen-bond acceptors (Lipinski definition) is 2. The van der Waals surface area contributed by atoms with Crippen molar-refractivity contribution in [3.8, 4) is 0 Å². The van der Waals surface area contributed by atoms with Crippen LogP contribution >= 0.6 is 0 Å². The van der Waals surface area contributed by atoms with Crippen LogP contribution in [0, 0.1) is 5.41 Å². The lowest BCUT2D eigenvalue weighted by molar-refractivity contribution is 0.125. The molecule has 0 aromatic heterocycles. The van der Waals surface area contributed by atoms with Crippen LogP contribution in [0.3, 0.4) is 0 Å². The van der Waals surface area contributed by atoms with Crippen LogP contribution in [-0.2, 0) is 0 Å². The maximum atomic E-state index is 3.55. The van der Waals surface area contributed by atoms with Crippen LogP contribution in [0.25, 0.3) is 0 Å². The van der Waals surface area contributed by atoms with E-state index >= 15 is 0 Å². The summed E-state index contributed by atoms with van der Waals surface area (Å²) >= 11 is 0. The third-order valence-electron chi connectivity index (χ3n) is 3.89. The molecule has 2 atom stereocenters. The molecule has 0 amide bonds. The predicted molar refractivity (Wildman–Crippen MR) is 76.4 cm³/mol. The SMILES string of the molecule is CNC1CCCCCCC1N(C)CC(C)(C)C. The van der Waals surface area contributed by atoms with Crippen molar-refractivity contribution >= 4 is 0 Å². The molecular weight excluding hydrogens is 208 g/mol. The van der Waals surface area contributed by atoms with Crippen molar-refractivity contribution in [1.82, 2.24) is 10.2 Å². The molecule has 102 valence electrons. The smallest absolute Gasteiger partial charge is 0.0246 e. The Morgan fingerprint density at radius 2 is 1.65 bits per heavy atom. The van der Waals surface area contributed by atoms with E-state index in [0.717, 1.165) is 6.04 Å². The van der Waals surface area contributed by atoms with Crippen molar-refractivity contribution in [2.24, 2.45) is 5.41 Å². The van der Waals surface area contributed by atoms with E-state index in [2.05, 4.69) is 45.1 Å². The van der Waals surface area contributed by atoms with E-state index in [0.29, 0.717) is 11.5 Å². The molecule has 0 spiro atoms.